The molecule has 0 aliphatic carbocycles. The van der Waals surface area contributed by atoms with Gasteiger partial charge in [0, 0.05) is 0 Å². The van der Waals surface area contributed by atoms with Crippen molar-refractivity contribution in [3.63, 3.8) is 0 Å². The van der Waals surface area contributed by atoms with Crippen molar-refractivity contribution in [2.75, 3.05) is 40.5 Å². The molecule has 1 fully saturated rings. The van der Waals surface area contributed by atoms with Gasteiger partial charge in [0.05, 0.1) is 26.3 Å². The molecule has 2 rings (SSSR count). The SMILES string of the molecule is COC(=O)c1ccc(OC[C@@H](O)C[NH+]2CCC[C@H](O)C2)c(OC)c1. The van der Waals surface area contributed by atoms with Gasteiger partial charge in [-0.3, -0.25) is 0 Å². The Hall–Kier alpha value is -1.83. The number of benzene rings is 1. The zero-order valence-electron chi connectivity index (χ0n) is 14.2. The first kappa shape index (κ1) is 18.5. The summed E-state index contributed by atoms with van der Waals surface area (Å²) in [4.78, 5) is 12.7. The van der Waals surface area contributed by atoms with Crippen LogP contribution in [0, 0.1) is 0 Å². The van der Waals surface area contributed by atoms with Crippen LogP contribution in [-0.4, -0.2) is 68.9 Å². The molecule has 0 saturated carbocycles. The van der Waals surface area contributed by atoms with Crippen molar-refractivity contribution in [3.05, 3.63) is 23.8 Å². The molecule has 1 unspecified atom stereocenters. The Kier molecular flexibility index (Phi) is 6.84. The van der Waals surface area contributed by atoms with Crippen molar-refractivity contribution in [1.82, 2.24) is 0 Å². The van der Waals surface area contributed by atoms with Gasteiger partial charge in [0.25, 0.3) is 0 Å². The third-order valence-electron chi connectivity index (χ3n) is 4.13. The normalized spacial score (nSPS) is 21.8. The molecule has 1 aliphatic rings. The number of carbonyl (C=O) groups is 1. The number of carbonyl (C=O) groups excluding carboxylic acids is 1. The molecule has 1 aliphatic heterocycles. The molecule has 24 heavy (non-hydrogen) atoms. The molecule has 0 bridgehead atoms. The first-order valence-corrected chi connectivity index (χ1v) is 8.12. The van der Waals surface area contributed by atoms with Crippen molar-refractivity contribution in [2.45, 2.75) is 25.0 Å². The highest BCUT2D eigenvalue weighted by Crippen LogP contribution is 2.28. The van der Waals surface area contributed by atoms with Gasteiger partial charge in [0.15, 0.2) is 11.5 Å². The molecule has 0 radical (unpaired) electrons. The Labute approximate surface area is 141 Å². The van der Waals surface area contributed by atoms with E-state index in [2.05, 4.69) is 4.74 Å². The fourth-order valence-electron chi connectivity index (χ4n) is 2.92. The highest BCUT2D eigenvalue weighted by Gasteiger charge is 2.24. The second kappa shape index (κ2) is 8.86. The number of aliphatic hydroxyl groups is 2. The third-order valence-corrected chi connectivity index (χ3v) is 4.13. The van der Waals surface area contributed by atoms with E-state index in [1.807, 2.05) is 0 Å². The lowest BCUT2D eigenvalue weighted by Gasteiger charge is -2.28. The molecule has 7 nitrogen and oxygen atoms in total. The van der Waals surface area contributed by atoms with Crippen LogP contribution in [0.5, 0.6) is 11.5 Å². The van der Waals surface area contributed by atoms with Gasteiger partial charge in [-0.2, -0.15) is 0 Å². The summed E-state index contributed by atoms with van der Waals surface area (Å²) in [7, 11) is 2.80. The van der Waals surface area contributed by atoms with Crippen molar-refractivity contribution in [3.8, 4) is 11.5 Å². The summed E-state index contributed by atoms with van der Waals surface area (Å²) in [6, 6.07) is 4.75. The Morgan fingerprint density at radius 1 is 1.38 bits per heavy atom. The molecular weight excluding hydrogens is 314 g/mol. The van der Waals surface area contributed by atoms with Gasteiger partial charge in [-0.1, -0.05) is 0 Å². The van der Waals surface area contributed by atoms with Gasteiger partial charge in [0.2, 0.25) is 0 Å². The fraction of sp³-hybridized carbons (Fsp3) is 0.588. The average molecular weight is 340 g/mol. The van der Waals surface area contributed by atoms with Gasteiger partial charge in [-0.25, -0.2) is 4.79 Å². The summed E-state index contributed by atoms with van der Waals surface area (Å²) in [5.41, 5.74) is 0.369. The van der Waals surface area contributed by atoms with E-state index in [0.29, 0.717) is 30.2 Å². The van der Waals surface area contributed by atoms with E-state index in [1.54, 1.807) is 18.2 Å². The summed E-state index contributed by atoms with van der Waals surface area (Å²) < 4.78 is 15.5. The quantitative estimate of drug-likeness (QED) is 0.567. The van der Waals surface area contributed by atoms with E-state index in [4.69, 9.17) is 9.47 Å². The standard InChI is InChI=1S/C17H25NO6/c1-22-16-8-12(17(21)23-2)5-6-15(16)24-11-14(20)10-18-7-3-4-13(19)9-18/h5-6,8,13-14,19-20H,3-4,7,9-11H2,1-2H3/p+1/t13-,14-/m0/s1. The average Bonchev–Trinajstić information content (AvgIpc) is 2.59. The van der Waals surface area contributed by atoms with Crippen LogP contribution in [0.4, 0.5) is 0 Å². The van der Waals surface area contributed by atoms with Crippen LogP contribution in [0.2, 0.25) is 0 Å². The molecule has 1 aromatic carbocycles. The highest BCUT2D eigenvalue weighted by atomic mass is 16.5. The highest BCUT2D eigenvalue weighted by molar-refractivity contribution is 5.90. The Morgan fingerprint density at radius 2 is 2.17 bits per heavy atom. The number of methoxy groups -OCH3 is 2. The summed E-state index contributed by atoms with van der Waals surface area (Å²) in [5, 5.41) is 19.8. The van der Waals surface area contributed by atoms with Crippen molar-refractivity contribution in [2.24, 2.45) is 0 Å². The van der Waals surface area contributed by atoms with Gasteiger partial charge < -0.3 is 29.3 Å². The fourth-order valence-corrected chi connectivity index (χ4v) is 2.92. The molecule has 1 aromatic rings. The maximum atomic E-state index is 11.5. The number of nitrogens with one attached hydrogen (secondary N) is 1. The van der Waals surface area contributed by atoms with E-state index in [1.165, 1.54) is 19.1 Å². The number of rotatable bonds is 7. The number of ether oxygens (including phenoxy) is 3. The molecular formula is C17H26NO6+. The summed E-state index contributed by atoms with van der Waals surface area (Å²) in [5.74, 6) is 0.413. The Balaban J connectivity index is 1.89. The predicted molar refractivity (Wildman–Crippen MR) is 86.6 cm³/mol. The summed E-state index contributed by atoms with van der Waals surface area (Å²) in [6.07, 6.45) is 0.871. The topological polar surface area (TPSA) is 89.7 Å². The number of hydrogen-bond acceptors (Lipinski definition) is 6. The minimum absolute atomic E-state index is 0.119. The van der Waals surface area contributed by atoms with Gasteiger partial charge >= 0.3 is 5.97 Å². The molecule has 3 N–H and O–H groups in total. The van der Waals surface area contributed by atoms with Crippen molar-refractivity contribution < 1.29 is 34.1 Å². The van der Waals surface area contributed by atoms with Crippen LogP contribution in [0.3, 0.4) is 0 Å². The number of hydrogen-bond donors (Lipinski definition) is 3. The molecule has 7 heteroatoms. The van der Waals surface area contributed by atoms with E-state index in [-0.39, 0.29) is 12.7 Å². The van der Waals surface area contributed by atoms with Crippen LogP contribution in [0.1, 0.15) is 23.2 Å². The van der Waals surface area contributed by atoms with Crippen LogP contribution in [-0.2, 0) is 4.74 Å². The smallest absolute Gasteiger partial charge is 0.337 e. The van der Waals surface area contributed by atoms with Gasteiger partial charge in [0.1, 0.15) is 31.9 Å². The molecule has 0 aromatic heterocycles. The monoisotopic (exact) mass is 340 g/mol. The van der Waals surface area contributed by atoms with Gasteiger partial charge in [-0.15, -0.1) is 0 Å². The first-order chi connectivity index (χ1) is 11.5. The second-order valence-electron chi connectivity index (χ2n) is 6.03. The lowest BCUT2D eigenvalue weighted by molar-refractivity contribution is -0.911. The molecule has 0 spiro atoms. The summed E-state index contributed by atoms with van der Waals surface area (Å²) >= 11 is 0. The molecule has 134 valence electrons. The van der Waals surface area contributed by atoms with E-state index >= 15 is 0 Å². The lowest BCUT2D eigenvalue weighted by Crippen LogP contribution is -3.15. The molecule has 0 amide bonds. The van der Waals surface area contributed by atoms with Crippen molar-refractivity contribution in [1.29, 1.82) is 0 Å². The largest absolute Gasteiger partial charge is 0.493 e. The maximum Gasteiger partial charge on any atom is 0.337 e. The number of piperidine rings is 1. The van der Waals surface area contributed by atoms with E-state index in [9.17, 15) is 15.0 Å². The Bertz CT molecular complexity index is 550. The van der Waals surface area contributed by atoms with Crippen LogP contribution < -0.4 is 14.4 Å². The van der Waals surface area contributed by atoms with Crippen molar-refractivity contribution >= 4 is 5.97 Å². The minimum Gasteiger partial charge on any atom is -0.493 e. The molecule has 1 heterocycles. The van der Waals surface area contributed by atoms with Gasteiger partial charge in [-0.05, 0) is 31.0 Å². The van der Waals surface area contributed by atoms with Crippen LogP contribution >= 0.6 is 0 Å². The maximum absolute atomic E-state index is 11.5. The number of aliphatic hydroxyl groups excluding tert-OH is 2. The number of likely N-dealkylation sites (tertiary alicyclic amines) is 1. The number of esters is 1. The number of quaternary nitrogens is 1. The van der Waals surface area contributed by atoms with Crippen LogP contribution in [0.15, 0.2) is 18.2 Å². The minimum atomic E-state index is -0.643. The lowest BCUT2D eigenvalue weighted by atomic mass is 10.1. The Morgan fingerprint density at radius 3 is 2.83 bits per heavy atom. The first-order valence-electron chi connectivity index (χ1n) is 8.12. The van der Waals surface area contributed by atoms with E-state index < -0.39 is 12.1 Å². The predicted octanol–water partition coefficient (Wildman–Crippen LogP) is -0.739. The molecule has 1 saturated heterocycles. The summed E-state index contributed by atoms with van der Waals surface area (Å²) in [6.45, 7) is 2.26. The van der Waals surface area contributed by atoms with Crippen LogP contribution in [0.25, 0.3) is 0 Å². The third kappa shape index (κ3) is 5.09. The zero-order chi connectivity index (χ0) is 17.5. The van der Waals surface area contributed by atoms with E-state index in [0.717, 1.165) is 19.4 Å². The zero-order valence-corrected chi connectivity index (χ0v) is 14.2. The molecule has 3 atom stereocenters. The second-order valence-corrected chi connectivity index (χ2v) is 6.03.